The number of fused-ring (bicyclic) bond motifs is 1. The minimum atomic E-state index is -2.27. The Kier molecular flexibility index (Phi) is 4.52. The van der Waals surface area contributed by atoms with Crippen LogP contribution in [0.2, 0.25) is 0 Å². The highest BCUT2D eigenvalue weighted by molar-refractivity contribution is 6.14. The van der Waals surface area contributed by atoms with Gasteiger partial charge in [0, 0.05) is 27.2 Å². The van der Waals surface area contributed by atoms with Crippen molar-refractivity contribution < 1.29 is 23.9 Å². The summed E-state index contributed by atoms with van der Waals surface area (Å²) in [6.45, 7) is 0.662. The van der Waals surface area contributed by atoms with Crippen LogP contribution in [0.1, 0.15) is 5.56 Å². The van der Waals surface area contributed by atoms with E-state index in [0.29, 0.717) is 12.1 Å². The number of likely N-dealkylation sites (N-methyl/N-ethyl adjacent to an activating group) is 2. The Bertz CT molecular complexity index is 840. The number of nitrogens with one attached hydrogen (secondary N) is 1. The average molecular weight is 377 g/mol. The Balaban J connectivity index is 1.94. The van der Waals surface area contributed by atoms with E-state index in [1.165, 1.54) is 46.1 Å². The van der Waals surface area contributed by atoms with Gasteiger partial charge < -0.3 is 20.6 Å². The summed E-state index contributed by atoms with van der Waals surface area (Å²) in [5.41, 5.74) is 6.25. The second kappa shape index (κ2) is 6.54. The third-order valence-electron chi connectivity index (χ3n) is 4.73. The van der Waals surface area contributed by atoms with Crippen molar-refractivity contribution in [2.24, 2.45) is 5.73 Å². The summed E-state index contributed by atoms with van der Waals surface area (Å²) in [6, 6.07) is 5.50. The second-order valence-electron chi connectivity index (χ2n) is 6.59. The summed E-state index contributed by atoms with van der Waals surface area (Å²) in [7, 11) is 2.97. The third-order valence-corrected chi connectivity index (χ3v) is 4.73. The number of nitrogens with zero attached hydrogens (tertiary/aromatic N) is 3. The first-order valence-electron chi connectivity index (χ1n) is 8.23. The molecule has 1 saturated heterocycles. The highest BCUT2D eigenvalue weighted by Gasteiger charge is 2.59. The van der Waals surface area contributed by atoms with Crippen molar-refractivity contribution in [3.63, 3.8) is 0 Å². The summed E-state index contributed by atoms with van der Waals surface area (Å²) >= 11 is 0. The van der Waals surface area contributed by atoms with Gasteiger partial charge >= 0.3 is 0 Å². The van der Waals surface area contributed by atoms with Gasteiger partial charge in [0.2, 0.25) is 0 Å². The largest absolute Gasteiger partial charge is 0.507 e. The molecule has 1 fully saturated rings. The van der Waals surface area contributed by atoms with E-state index >= 15 is 0 Å². The number of carbonyl (C=O) groups is 3. The Morgan fingerprint density at radius 3 is 2.56 bits per heavy atom. The Morgan fingerprint density at radius 2 is 1.96 bits per heavy atom. The van der Waals surface area contributed by atoms with E-state index in [9.17, 15) is 23.9 Å². The number of primary amides is 1. The van der Waals surface area contributed by atoms with Crippen molar-refractivity contribution >= 4 is 17.7 Å². The molecule has 10 heteroatoms. The van der Waals surface area contributed by atoms with Crippen LogP contribution in [0.5, 0.6) is 0 Å². The molecule has 0 aliphatic carbocycles. The van der Waals surface area contributed by atoms with Crippen molar-refractivity contribution in [2.45, 2.75) is 12.1 Å². The van der Waals surface area contributed by atoms with Crippen LogP contribution in [0.15, 0.2) is 35.7 Å². The van der Waals surface area contributed by atoms with E-state index in [1.54, 1.807) is 7.05 Å². The summed E-state index contributed by atoms with van der Waals surface area (Å²) < 4.78 is 13.1. The Morgan fingerprint density at radius 1 is 1.33 bits per heavy atom. The average Bonchev–Trinajstić information content (AvgIpc) is 2.94. The fourth-order valence-electron chi connectivity index (χ4n) is 3.18. The Labute approximate surface area is 154 Å². The molecule has 4 N–H and O–H groups in total. The lowest BCUT2D eigenvalue weighted by Crippen LogP contribution is -2.66. The molecule has 0 radical (unpaired) electrons. The zero-order valence-electron chi connectivity index (χ0n) is 14.9. The molecule has 0 saturated carbocycles. The van der Waals surface area contributed by atoms with Crippen LogP contribution in [-0.2, 0) is 20.9 Å². The molecule has 27 heavy (non-hydrogen) atoms. The summed E-state index contributed by atoms with van der Waals surface area (Å²) in [5, 5.41) is 11.9. The van der Waals surface area contributed by atoms with Crippen molar-refractivity contribution in [3.8, 4) is 0 Å². The highest BCUT2D eigenvalue weighted by Crippen LogP contribution is 2.32. The van der Waals surface area contributed by atoms with Crippen LogP contribution in [0, 0.1) is 5.82 Å². The standard InChI is InChI=1S/C17H20FN5O4/c1-21-7-8-23-12(14(21)25)13(24)17(20-23,15(19)26)16(27)22(2)9-10-3-5-11(18)6-4-10/h3-6,20,24H,7-9H2,1-2H3,(H2,19,26). The van der Waals surface area contributed by atoms with E-state index in [1.807, 2.05) is 0 Å². The van der Waals surface area contributed by atoms with Gasteiger partial charge in [-0.05, 0) is 17.7 Å². The zero-order valence-corrected chi connectivity index (χ0v) is 14.9. The maximum absolute atomic E-state index is 13.1. The molecule has 3 rings (SSSR count). The van der Waals surface area contributed by atoms with Gasteiger partial charge in [0.05, 0.1) is 6.54 Å². The number of carbonyl (C=O) groups excluding carboxylic acids is 3. The fraction of sp³-hybridized carbons (Fsp3) is 0.353. The second-order valence-corrected chi connectivity index (χ2v) is 6.59. The molecule has 1 atom stereocenters. The molecule has 2 aliphatic heterocycles. The minimum absolute atomic E-state index is 0.0479. The minimum Gasteiger partial charge on any atom is -0.507 e. The molecule has 144 valence electrons. The molecule has 3 amide bonds. The zero-order chi connectivity index (χ0) is 19.9. The van der Waals surface area contributed by atoms with Gasteiger partial charge in [0.25, 0.3) is 23.3 Å². The number of hydrogen-bond donors (Lipinski definition) is 3. The highest BCUT2D eigenvalue weighted by atomic mass is 19.1. The number of nitrogens with two attached hydrogens (primary N) is 1. The number of benzene rings is 1. The van der Waals surface area contributed by atoms with Crippen molar-refractivity contribution in [1.82, 2.24) is 20.2 Å². The van der Waals surface area contributed by atoms with E-state index in [0.717, 1.165) is 0 Å². The van der Waals surface area contributed by atoms with Gasteiger partial charge in [-0.3, -0.25) is 19.4 Å². The first-order valence-corrected chi connectivity index (χ1v) is 8.23. The molecule has 1 aromatic carbocycles. The van der Waals surface area contributed by atoms with Crippen LogP contribution in [0.3, 0.4) is 0 Å². The molecular formula is C17H20FN5O4. The van der Waals surface area contributed by atoms with Crippen LogP contribution in [0.25, 0.3) is 0 Å². The summed E-state index contributed by atoms with van der Waals surface area (Å²) in [6.07, 6.45) is 0. The maximum atomic E-state index is 13.1. The number of amides is 3. The number of aliphatic hydroxyl groups is 1. The number of rotatable bonds is 4. The molecule has 1 unspecified atom stereocenters. The fourth-order valence-corrected chi connectivity index (χ4v) is 3.18. The van der Waals surface area contributed by atoms with Gasteiger partial charge in [-0.25, -0.2) is 9.82 Å². The molecule has 2 aliphatic rings. The van der Waals surface area contributed by atoms with Crippen LogP contribution >= 0.6 is 0 Å². The number of halogens is 1. The predicted octanol–water partition coefficient (Wildman–Crippen LogP) is -0.930. The number of hydrogen-bond acceptors (Lipinski definition) is 6. The van der Waals surface area contributed by atoms with Gasteiger partial charge in [-0.15, -0.1) is 0 Å². The summed E-state index contributed by atoms with van der Waals surface area (Å²) in [5.74, 6) is -3.62. The number of aliphatic hydroxyl groups excluding tert-OH is 1. The molecule has 2 heterocycles. The molecule has 9 nitrogen and oxygen atoms in total. The van der Waals surface area contributed by atoms with Gasteiger partial charge in [0.15, 0.2) is 11.5 Å². The SMILES string of the molecule is CN1CCN2NC(C(N)=O)(C(=O)N(C)Cc3ccc(F)cc3)C(O)=C2C1=O. The molecular weight excluding hydrogens is 357 g/mol. The third kappa shape index (κ3) is 2.87. The van der Waals surface area contributed by atoms with Crippen molar-refractivity contribution in [3.05, 3.63) is 47.1 Å². The van der Waals surface area contributed by atoms with Crippen LogP contribution in [0.4, 0.5) is 4.39 Å². The van der Waals surface area contributed by atoms with Crippen molar-refractivity contribution in [1.29, 1.82) is 0 Å². The predicted molar refractivity (Wildman–Crippen MR) is 91.9 cm³/mol. The quantitative estimate of drug-likeness (QED) is 0.584. The monoisotopic (exact) mass is 377 g/mol. The molecule has 1 aromatic rings. The lowest BCUT2D eigenvalue weighted by molar-refractivity contribution is -0.145. The van der Waals surface area contributed by atoms with E-state index in [2.05, 4.69) is 5.43 Å². The smallest absolute Gasteiger partial charge is 0.274 e. The van der Waals surface area contributed by atoms with E-state index in [4.69, 9.17) is 5.73 Å². The van der Waals surface area contributed by atoms with Crippen molar-refractivity contribution in [2.75, 3.05) is 27.2 Å². The first kappa shape index (κ1) is 18.6. The number of hydrazine groups is 1. The first-order chi connectivity index (χ1) is 12.7. The lowest BCUT2D eigenvalue weighted by Gasteiger charge is -2.34. The lowest BCUT2D eigenvalue weighted by atomic mass is 9.94. The van der Waals surface area contributed by atoms with E-state index in [-0.39, 0.29) is 18.8 Å². The van der Waals surface area contributed by atoms with Crippen LogP contribution in [-0.4, -0.2) is 70.4 Å². The molecule has 0 spiro atoms. The molecule has 0 aromatic heterocycles. The van der Waals surface area contributed by atoms with E-state index < -0.39 is 34.8 Å². The maximum Gasteiger partial charge on any atom is 0.274 e. The van der Waals surface area contributed by atoms with Crippen LogP contribution < -0.4 is 11.2 Å². The normalized spacial score (nSPS) is 22.1. The van der Waals surface area contributed by atoms with Gasteiger partial charge in [0.1, 0.15) is 5.82 Å². The topological polar surface area (TPSA) is 119 Å². The Hall–Kier alpha value is -3.14. The van der Waals surface area contributed by atoms with Gasteiger partial charge in [-0.1, -0.05) is 12.1 Å². The molecule has 0 bridgehead atoms. The summed E-state index contributed by atoms with van der Waals surface area (Å²) in [4.78, 5) is 40.2. The van der Waals surface area contributed by atoms with Gasteiger partial charge in [-0.2, -0.15) is 0 Å². The number of piperazine rings is 1.